The predicted octanol–water partition coefficient (Wildman–Crippen LogP) is 2.43. The molecular weight excluding hydrogens is 332 g/mol. The molecule has 1 aromatic carbocycles. The Morgan fingerprint density at radius 1 is 1.08 bits per heavy atom. The minimum atomic E-state index is -0.860. The van der Waals surface area contributed by atoms with Crippen LogP contribution in [0.2, 0.25) is 0 Å². The second kappa shape index (κ2) is 8.11. The molecule has 0 atom stereocenters. The first-order valence-corrected chi connectivity index (χ1v) is 7.81. The highest BCUT2D eigenvalue weighted by molar-refractivity contribution is 7.14. The summed E-state index contributed by atoms with van der Waals surface area (Å²) in [6.45, 7) is 0. The third kappa shape index (κ3) is 4.56. The highest BCUT2D eigenvalue weighted by atomic mass is 32.1. The van der Waals surface area contributed by atoms with Crippen LogP contribution in [0.15, 0.2) is 35.7 Å². The molecule has 0 saturated heterocycles. The van der Waals surface area contributed by atoms with Crippen molar-refractivity contribution in [2.75, 3.05) is 19.5 Å². The predicted molar refractivity (Wildman–Crippen MR) is 89.5 cm³/mol. The number of alkyl carbamates (subject to hydrolysis) is 1. The first kappa shape index (κ1) is 17.5. The van der Waals surface area contributed by atoms with E-state index >= 15 is 0 Å². The maximum absolute atomic E-state index is 12.1. The number of nitrogens with one attached hydrogen (secondary N) is 2. The van der Waals surface area contributed by atoms with Crippen LogP contribution >= 0.6 is 11.3 Å². The van der Waals surface area contributed by atoms with Crippen LogP contribution in [0.3, 0.4) is 0 Å². The molecule has 0 radical (unpaired) electrons. The average molecular weight is 348 g/mol. The van der Waals surface area contributed by atoms with Gasteiger partial charge in [-0.15, -0.1) is 11.3 Å². The van der Waals surface area contributed by atoms with Crippen molar-refractivity contribution in [2.45, 2.75) is 6.42 Å². The Labute approximate surface area is 142 Å². The van der Waals surface area contributed by atoms with Gasteiger partial charge < -0.3 is 14.8 Å². The maximum Gasteiger partial charge on any atom is 0.413 e. The van der Waals surface area contributed by atoms with Crippen molar-refractivity contribution in [1.29, 1.82) is 0 Å². The van der Waals surface area contributed by atoms with Crippen LogP contribution in [0.1, 0.15) is 15.9 Å². The largest absolute Gasteiger partial charge is 0.497 e. The Morgan fingerprint density at radius 2 is 1.79 bits per heavy atom. The summed E-state index contributed by atoms with van der Waals surface area (Å²) in [5, 5.41) is 6.74. The van der Waals surface area contributed by atoms with E-state index in [0.717, 1.165) is 12.7 Å². The van der Waals surface area contributed by atoms with Gasteiger partial charge >= 0.3 is 6.09 Å². The molecule has 3 amide bonds. The first-order valence-electron chi connectivity index (χ1n) is 6.93. The van der Waals surface area contributed by atoms with Gasteiger partial charge in [0.05, 0.1) is 26.2 Å². The number of hydrogen-bond acceptors (Lipinski definition) is 6. The normalized spacial score (nSPS) is 9.92. The second-order valence-electron chi connectivity index (χ2n) is 4.68. The van der Waals surface area contributed by atoms with Crippen LogP contribution in [-0.4, -0.2) is 32.1 Å². The molecule has 8 heteroatoms. The van der Waals surface area contributed by atoms with Gasteiger partial charge in [-0.25, -0.2) is 4.79 Å². The molecule has 0 spiro atoms. The Hall–Kier alpha value is -2.87. The molecule has 2 aromatic rings. The van der Waals surface area contributed by atoms with Crippen LogP contribution in [0, 0.1) is 0 Å². The number of rotatable bonds is 5. The number of hydrogen-bond donors (Lipinski definition) is 2. The molecule has 126 valence electrons. The summed E-state index contributed by atoms with van der Waals surface area (Å²) in [4.78, 5) is 35.2. The molecule has 2 N–H and O–H groups in total. The number of methoxy groups -OCH3 is 2. The summed E-state index contributed by atoms with van der Waals surface area (Å²) in [5.41, 5.74) is 1.01. The van der Waals surface area contributed by atoms with Gasteiger partial charge in [0.25, 0.3) is 5.91 Å². The molecule has 0 fully saturated rings. The molecule has 0 saturated carbocycles. The van der Waals surface area contributed by atoms with Crippen molar-refractivity contribution in [3.05, 3.63) is 46.8 Å². The lowest BCUT2D eigenvalue weighted by molar-refractivity contribution is -0.115. The number of imide groups is 1. The van der Waals surface area contributed by atoms with Crippen molar-refractivity contribution in [3.63, 3.8) is 0 Å². The third-order valence-corrected chi connectivity index (χ3v) is 3.92. The van der Waals surface area contributed by atoms with Gasteiger partial charge in [0.15, 0.2) is 0 Å². The molecule has 1 aromatic heterocycles. The summed E-state index contributed by atoms with van der Waals surface area (Å²) in [6.07, 6.45) is -0.707. The van der Waals surface area contributed by atoms with Crippen molar-refractivity contribution < 1.29 is 23.9 Å². The van der Waals surface area contributed by atoms with E-state index in [1.54, 1.807) is 36.8 Å². The zero-order valence-electron chi connectivity index (χ0n) is 13.1. The zero-order chi connectivity index (χ0) is 17.5. The number of benzene rings is 1. The highest BCUT2D eigenvalue weighted by Gasteiger charge is 2.17. The molecule has 0 aliphatic heterocycles. The SMILES string of the molecule is COC(=O)NC(=O)c1ccsc1NC(=O)Cc1ccc(OC)cc1. The van der Waals surface area contributed by atoms with Gasteiger partial charge in [-0.3, -0.25) is 14.9 Å². The summed E-state index contributed by atoms with van der Waals surface area (Å²) in [6, 6.07) is 8.63. The number of thiophene rings is 1. The smallest absolute Gasteiger partial charge is 0.413 e. The molecule has 0 unspecified atom stereocenters. The number of carbonyl (C=O) groups excluding carboxylic acids is 3. The lowest BCUT2D eigenvalue weighted by Gasteiger charge is -2.07. The van der Waals surface area contributed by atoms with E-state index in [9.17, 15) is 14.4 Å². The fourth-order valence-corrected chi connectivity index (χ4v) is 2.70. The molecule has 2 rings (SSSR count). The van der Waals surface area contributed by atoms with Gasteiger partial charge in [0.1, 0.15) is 10.8 Å². The summed E-state index contributed by atoms with van der Waals surface area (Å²) >= 11 is 1.19. The van der Waals surface area contributed by atoms with Crippen molar-refractivity contribution in [1.82, 2.24) is 5.32 Å². The number of ether oxygens (including phenoxy) is 2. The van der Waals surface area contributed by atoms with E-state index in [1.807, 2.05) is 5.32 Å². The van der Waals surface area contributed by atoms with Crippen LogP contribution in [0.5, 0.6) is 5.75 Å². The Bertz CT molecular complexity index is 739. The molecule has 0 bridgehead atoms. The third-order valence-electron chi connectivity index (χ3n) is 3.09. The number of carbonyl (C=O) groups is 3. The van der Waals surface area contributed by atoms with E-state index in [4.69, 9.17) is 4.74 Å². The topological polar surface area (TPSA) is 93.7 Å². The highest BCUT2D eigenvalue weighted by Crippen LogP contribution is 2.23. The fraction of sp³-hybridized carbons (Fsp3) is 0.188. The minimum absolute atomic E-state index is 0.153. The van der Waals surface area contributed by atoms with E-state index < -0.39 is 12.0 Å². The van der Waals surface area contributed by atoms with E-state index in [-0.39, 0.29) is 17.9 Å². The van der Waals surface area contributed by atoms with Crippen LogP contribution < -0.4 is 15.4 Å². The average Bonchev–Trinajstić information content (AvgIpc) is 3.03. The minimum Gasteiger partial charge on any atom is -0.497 e. The monoisotopic (exact) mass is 348 g/mol. The van der Waals surface area contributed by atoms with Gasteiger partial charge in [-0.05, 0) is 29.1 Å². The quantitative estimate of drug-likeness (QED) is 0.865. The van der Waals surface area contributed by atoms with E-state index in [1.165, 1.54) is 17.4 Å². The molecular formula is C16H16N2O5S. The Balaban J connectivity index is 2.00. The van der Waals surface area contributed by atoms with Gasteiger partial charge in [-0.1, -0.05) is 12.1 Å². The summed E-state index contributed by atoms with van der Waals surface area (Å²) in [5.74, 6) is -0.197. The standard InChI is InChI=1S/C16H16N2O5S/c1-22-11-5-3-10(4-6-11)9-13(19)17-15-12(7-8-24-15)14(20)18-16(21)23-2/h3-8H,9H2,1-2H3,(H,17,19)(H,18,20,21). The second-order valence-corrected chi connectivity index (χ2v) is 5.60. The first-order chi connectivity index (χ1) is 11.5. The maximum atomic E-state index is 12.1. The van der Waals surface area contributed by atoms with Gasteiger partial charge in [-0.2, -0.15) is 0 Å². The van der Waals surface area contributed by atoms with Crippen molar-refractivity contribution in [3.8, 4) is 5.75 Å². The molecule has 0 aliphatic carbocycles. The lowest BCUT2D eigenvalue weighted by atomic mass is 10.1. The van der Waals surface area contributed by atoms with Crippen molar-refractivity contribution in [2.24, 2.45) is 0 Å². The molecule has 1 heterocycles. The lowest BCUT2D eigenvalue weighted by Crippen LogP contribution is -2.30. The van der Waals surface area contributed by atoms with E-state index in [0.29, 0.717) is 10.8 Å². The zero-order valence-corrected chi connectivity index (χ0v) is 13.9. The molecule has 0 aliphatic rings. The number of anilines is 1. The van der Waals surface area contributed by atoms with Gasteiger partial charge in [0.2, 0.25) is 5.91 Å². The van der Waals surface area contributed by atoms with Crippen LogP contribution in [0.4, 0.5) is 9.80 Å². The summed E-state index contributed by atoms with van der Waals surface area (Å²) in [7, 11) is 2.73. The molecule has 24 heavy (non-hydrogen) atoms. The van der Waals surface area contributed by atoms with Crippen LogP contribution in [0.25, 0.3) is 0 Å². The van der Waals surface area contributed by atoms with Gasteiger partial charge in [0, 0.05) is 0 Å². The van der Waals surface area contributed by atoms with Crippen molar-refractivity contribution >= 4 is 34.2 Å². The Kier molecular flexibility index (Phi) is 5.91. The van der Waals surface area contributed by atoms with E-state index in [2.05, 4.69) is 10.1 Å². The van der Waals surface area contributed by atoms with Crippen LogP contribution in [-0.2, 0) is 16.0 Å². The fourth-order valence-electron chi connectivity index (χ4n) is 1.90. The molecule has 7 nitrogen and oxygen atoms in total. The number of amides is 3. The summed E-state index contributed by atoms with van der Waals surface area (Å²) < 4.78 is 9.43. The Morgan fingerprint density at radius 3 is 2.42 bits per heavy atom.